The van der Waals surface area contributed by atoms with Crippen LogP contribution >= 0.6 is 0 Å². The molecular formula is C70H98F9N9O11S2. The zero-order chi connectivity index (χ0) is 73.4. The number of hydrogen-bond donors (Lipinski definition) is 5. The number of rotatable bonds is 23. The van der Waals surface area contributed by atoms with E-state index in [1.165, 1.54) is 16.8 Å². The SMILES string of the molecule is CCOC(=O)N(C)CCS(=O)(=O)N1[C@@H]2CC[C@H]1CC([C@H](N)Cc1cc(F)c(F)cc1F)C2.CN(CCS(=O)(=O)N1[C@@H]2CC[C@H]1CC([C@H](N)Cc1cc(F)c(F)cc1F)C2)C(=O)C1CCOCC1.N[C@H](Cc1cc(F)c(F)cc1F)C1C[C@H]2CC[C@@H](C1)N2C(=O)CCC(=O)NC1CCC(O)CC1. The second kappa shape index (κ2) is 34.9. The van der Waals surface area contributed by atoms with Gasteiger partial charge >= 0.3 is 6.09 Å². The van der Waals surface area contributed by atoms with Gasteiger partial charge in [-0.1, -0.05) is 0 Å². The number of nitrogens with one attached hydrogen (secondary N) is 1. The van der Waals surface area contributed by atoms with Crippen molar-refractivity contribution in [2.24, 2.45) is 40.9 Å². The number of aliphatic hydroxyl groups excluding tert-OH is 1. The first-order chi connectivity index (χ1) is 47.8. The highest BCUT2D eigenvalue weighted by Crippen LogP contribution is 2.45. The number of hydrogen-bond acceptors (Lipinski definition) is 14. The lowest BCUT2D eigenvalue weighted by Gasteiger charge is -2.41. The molecular weight excluding hydrogens is 1380 g/mol. The Morgan fingerprint density at radius 2 is 0.881 bits per heavy atom. The van der Waals surface area contributed by atoms with Crippen LogP contribution in [0.1, 0.15) is 152 Å². The van der Waals surface area contributed by atoms with Gasteiger partial charge in [0.15, 0.2) is 34.9 Å². The van der Waals surface area contributed by atoms with E-state index in [0.717, 1.165) is 56.7 Å². The fourth-order valence-corrected chi connectivity index (χ4v) is 20.6. The summed E-state index contributed by atoms with van der Waals surface area (Å²) in [5, 5.41) is 12.6. The Kier molecular flexibility index (Phi) is 27.5. The van der Waals surface area contributed by atoms with Crippen molar-refractivity contribution < 1.29 is 90.1 Å². The van der Waals surface area contributed by atoms with E-state index in [0.29, 0.717) is 108 Å². The number of carbonyl (C=O) groups is 4. The molecule has 6 bridgehead atoms. The Balaban J connectivity index is 0.000000177. The van der Waals surface area contributed by atoms with Crippen molar-refractivity contribution in [3.05, 3.63) is 105 Å². The molecule has 8 N–H and O–H groups in total. The van der Waals surface area contributed by atoms with Crippen molar-refractivity contribution in [1.82, 2.24) is 28.6 Å². The molecule has 7 aliphatic heterocycles. The van der Waals surface area contributed by atoms with Gasteiger partial charge in [0, 0.05) is 138 Å². The zero-order valence-electron chi connectivity index (χ0n) is 57.6. The number of fused-ring (bicyclic) bond motifs is 6. The van der Waals surface area contributed by atoms with E-state index in [9.17, 15) is 80.6 Å². The van der Waals surface area contributed by atoms with Crippen molar-refractivity contribution >= 4 is 43.9 Å². The molecule has 1 saturated carbocycles. The van der Waals surface area contributed by atoms with E-state index in [1.54, 1.807) is 22.6 Å². The number of sulfonamides is 2. The van der Waals surface area contributed by atoms with Crippen LogP contribution in [0.5, 0.6) is 0 Å². The highest BCUT2D eigenvalue weighted by atomic mass is 32.2. The summed E-state index contributed by atoms with van der Waals surface area (Å²) in [6.07, 6.45) is 12.0. The largest absolute Gasteiger partial charge is 0.450 e. The first kappa shape index (κ1) is 79.4. The third-order valence-electron chi connectivity index (χ3n) is 22.1. The van der Waals surface area contributed by atoms with E-state index in [2.05, 4.69) is 5.32 Å². The van der Waals surface area contributed by atoms with E-state index < -0.39 is 96.6 Å². The average Bonchev–Trinajstić information content (AvgIpc) is 1.75. The molecule has 31 heteroatoms. The lowest BCUT2D eigenvalue weighted by atomic mass is 9.82. The summed E-state index contributed by atoms with van der Waals surface area (Å²) in [6.45, 7) is 3.14. The zero-order valence-corrected chi connectivity index (χ0v) is 59.2. The van der Waals surface area contributed by atoms with Gasteiger partial charge in [-0.15, -0.1) is 0 Å². The summed E-state index contributed by atoms with van der Waals surface area (Å²) < 4.78 is 188. The van der Waals surface area contributed by atoms with Crippen molar-refractivity contribution in [3.8, 4) is 0 Å². The number of halogens is 9. The molecule has 8 fully saturated rings. The second-order valence-electron chi connectivity index (χ2n) is 29.0. The van der Waals surface area contributed by atoms with Crippen LogP contribution in [0.2, 0.25) is 0 Å². The summed E-state index contributed by atoms with van der Waals surface area (Å²) >= 11 is 0. The molecule has 8 aliphatic rings. The number of piperidine rings is 3. The number of nitrogens with zero attached hydrogens (tertiary/aromatic N) is 5. The second-order valence-corrected chi connectivity index (χ2v) is 32.9. The lowest BCUT2D eigenvalue weighted by molar-refractivity contribution is -0.138. The fourth-order valence-electron chi connectivity index (χ4n) is 16.6. The monoisotopic (exact) mass is 1480 g/mol. The standard InChI is InChI=1S/C25H34F3N3O3.C24H34F3N3O4S.C21H30F3N3O4S/c26-20-13-22(28)21(27)11-14(20)12-23(29)15-9-17-3-4-18(10-15)31(17)25(34)8-7-24(33)30-16-1-5-19(32)6-2-16;1-29(24(31)15-4-7-34-8-5-15)6-9-35(32,33)30-18-2-3-19(30)11-17(10-18)23(28)13-16-12-21(26)22(27)14-20(16)25;1-3-31-21(28)26(2)6-7-32(29,30)27-15-4-5-16(27)9-14(8-15)20(25)11-13-10-18(23)19(24)12-17(13)22/h11,13,15-19,23,32H,1-10,12,29H2,(H,30,33);12,14-15,17-19,23H,2-11,13,28H2,1H3;10,12,14-16,20H,3-9,11,25H2,1-2H3/t15?,16?,17-,18+,19?,23-;17?,18-,19+,23-;14?,15-,16+,20-/m111/s1. The van der Waals surface area contributed by atoms with Crippen molar-refractivity contribution in [3.63, 3.8) is 0 Å². The number of amides is 4. The van der Waals surface area contributed by atoms with Crippen LogP contribution in [0, 0.1) is 76.0 Å². The van der Waals surface area contributed by atoms with Gasteiger partial charge in [-0.25, -0.2) is 61.1 Å². The average molecular weight is 1480 g/mol. The fraction of sp³-hybridized carbons (Fsp3) is 0.686. The van der Waals surface area contributed by atoms with E-state index in [4.69, 9.17) is 26.7 Å². The number of carbonyl (C=O) groups excluding carboxylic acids is 4. The van der Waals surface area contributed by atoms with Crippen LogP contribution in [0.15, 0.2) is 36.4 Å². The van der Waals surface area contributed by atoms with Crippen molar-refractivity contribution in [2.45, 2.75) is 221 Å². The highest BCUT2D eigenvalue weighted by molar-refractivity contribution is 7.89. The number of nitrogens with two attached hydrogens (primary N) is 3. The molecule has 11 rings (SSSR count). The molecule has 7 heterocycles. The van der Waals surface area contributed by atoms with Crippen molar-refractivity contribution in [1.29, 1.82) is 0 Å². The highest BCUT2D eigenvalue weighted by Gasteiger charge is 2.50. The quantitative estimate of drug-likeness (QED) is 0.0444. The number of aliphatic hydroxyl groups is 1. The van der Waals surface area contributed by atoms with Gasteiger partial charge in [-0.3, -0.25) is 14.4 Å². The third kappa shape index (κ3) is 20.2. The van der Waals surface area contributed by atoms with Crippen LogP contribution in [0.4, 0.5) is 44.3 Å². The van der Waals surface area contributed by atoms with Gasteiger partial charge in [0.2, 0.25) is 37.8 Å². The summed E-state index contributed by atoms with van der Waals surface area (Å²) in [5.41, 5.74) is 19.1. The molecule has 0 aromatic heterocycles. The number of ether oxygens (including phenoxy) is 2. The number of benzene rings is 3. The van der Waals surface area contributed by atoms with Crippen LogP contribution in [0.25, 0.3) is 0 Å². The van der Waals surface area contributed by atoms with Crippen LogP contribution in [-0.2, 0) is 63.2 Å². The Labute approximate surface area is 586 Å². The molecule has 3 aromatic rings. The maximum atomic E-state index is 14.1. The normalized spacial score (nSPS) is 26.9. The van der Waals surface area contributed by atoms with Crippen LogP contribution in [-0.4, -0.2) is 194 Å². The molecule has 0 spiro atoms. The first-order valence-electron chi connectivity index (χ1n) is 35.5. The van der Waals surface area contributed by atoms with Gasteiger partial charge in [-0.2, -0.15) is 8.61 Å². The van der Waals surface area contributed by atoms with E-state index in [-0.39, 0.29) is 170 Å². The molecule has 3 unspecified atom stereocenters. The minimum Gasteiger partial charge on any atom is -0.450 e. The topological polar surface area (TPSA) is 282 Å². The van der Waals surface area contributed by atoms with Crippen molar-refractivity contribution in [2.75, 3.05) is 58.5 Å². The summed E-state index contributed by atoms with van der Waals surface area (Å²) in [4.78, 5) is 54.3. The molecule has 3 aromatic carbocycles. The molecule has 0 radical (unpaired) electrons. The van der Waals surface area contributed by atoms with Crippen LogP contribution in [0.3, 0.4) is 0 Å². The third-order valence-corrected chi connectivity index (χ3v) is 26.0. The summed E-state index contributed by atoms with van der Waals surface area (Å²) in [5.74, 6) is -10.2. The summed E-state index contributed by atoms with van der Waals surface area (Å²) in [7, 11) is -4.04. The van der Waals surface area contributed by atoms with E-state index >= 15 is 0 Å². The van der Waals surface area contributed by atoms with Gasteiger partial charge < -0.3 is 51.8 Å². The van der Waals surface area contributed by atoms with Gasteiger partial charge in [0.1, 0.15) is 17.5 Å². The first-order valence-corrected chi connectivity index (χ1v) is 38.7. The van der Waals surface area contributed by atoms with Gasteiger partial charge in [-0.05, 0) is 194 Å². The smallest absolute Gasteiger partial charge is 0.409 e. The van der Waals surface area contributed by atoms with Gasteiger partial charge in [0.25, 0.3) is 0 Å². The minimum absolute atomic E-state index is 0.0146. The molecule has 4 amide bonds. The Morgan fingerprint density at radius 3 is 1.27 bits per heavy atom. The molecule has 101 heavy (non-hydrogen) atoms. The van der Waals surface area contributed by atoms with E-state index in [1.807, 2.05) is 4.90 Å². The predicted octanol–water partition coefficient (Wildman–Crippen LogP) is 8.01. The Morgan fingerprint density at radius 1 is 0.525 bits per heavy atom. The minimum atomic E-state index is -3.60. The van der Waals surface area contributed by atoms with Gasteiger partial charge in [0.05, 0.1) is 24.2 Å². The maximum Gasteiger partial charge on any atom is 0.409 e. The lowest BCUT2D eigenvalue weighted by Crippen LogP contribution is -2.51. The molecule has 20 nitrogen and oxygen atoms in total. The molecule has 1 aliphatic carbocycles. The maximum absolute atomic E-state index is 14.1. The Hall–Kier alpha value is -5.67. The predicted molar refractivity (Wildman–Crippen MR) is 357 cm³/mol. The molecule has 12 atom stereocenters. The summed E-state index contributed by atoms with van der Waals surface area (Å²) in [6, 6.07) is 2.08. The Bertz CT molecular complexity index is 3580. The van der Waals surface area contributed by atoms with Crippen LogP contribution < -0.4 is 22.5 Å². The molecule has 7 saturated heterocycles. The molecule has 564 valence electrons.